The molecule has 1 N–H and O–H groups in total. The summed E-state index contributed by atoms with van der Waals surface area (Å²) in [6.45, 7) is 6.54. The molecule has 0 spiro atoms. The van der Waals surface area contributed by atoms with E-state index in [2.05, 4.69) is 5.10 Å². The smallest absolute Gasteiger partial charge is 0.354 e. The van der Waals surface area contributed by atoms with E-state index in [9.17, 15) is 4.79 Å². The van der Waals surface area contributed by atoms with Crippen LogP contribution in [0.15, 0.2) is 24.3 Å². The van der Waals surface area contributed by atoms with Crippen LogP contribution in [0.1, 0.15) is 27.3 Å². The first-order valence-corrected chi connectivity index (χ1v) is 6.46. The predicted octanol–water partition coefficient (Wildman–Crippen LogP) is 2.59. The molecule has 0 aliphatic carbocycles. The molecular weight excluding hydrogens is 256 g/mol. The third kappa shape index (κ3) is 2.99. The van der Waals surface area contributed by atoms with E-state index >= 15 is 0 Å². The summed E-state index contributed by atoms with van der Waals surface area (Å²) in [7, 11) is 0. The maximum Gasteiger partial charge on any atom is 0.354 e. The topological polar surface area (TPSA) is 64.3 Å². The fourth-order valence-corrected chi connectivity index (χ4v) is 2.15. The number of aromatic nitrogens is 2. The van der Waals surface area contributed by atoms with Crippen LogP contribution in [0, 0.1) is 20.8 Å². The van der Waals surface area contributed by atoms with Gasteiger partial charge in [0.25, 0.3) is 0 Å². The summed E-state index contributed by atoms with van der Waals surface area (Å²) in [5.41, 5.74) is 3.02. The van der Waals surface area contributed by atoms with E-state index in [0.29, 0.717) is 18.8 Å². The lowest BCUT2D eigenvalue weighted by Gasteiger charge is -2.12. The lowest BCUT2D eigenvalue weighted by atomic mass is 10.1. The molecule has 0 aliphatic rings. The van der Waals surface area contributed by atoms with Gasteiger partial charge in [-0.15, -0.1) is 0 Å². The van der Waals surface area contributed by atoms with Crippen molar-refractivity contribution in [1.29, 1.82) is 0 Å². The van der Waals surface area contributed by atoms with Crippen LogP contribution in [-0.2, 0) is 6.54 Å². The van der Waals surface area contributed by atoms with E-state index in [1.165, 1.54) is 4.68 Å². The highest BCUT2D eigenvalue weighted by Crippen LogP contribution is 2.22. The zero-order valence-corrected chi connectivity index (χ0v) is 11.9. The Labute approximate surface area is 117 Å². The number of aryl methyl sites for hydroxylation is 3. The number of carboxylic acids is 1. The summed E-state index contributed by atoms with van der Waals surface area (Å²) in [4.78, 5) is 11.1. The lowest BCUT2D eigenvalue weighted by molar-refractivity contribution is 0.0682. The summed E-state index contributed by atoms with van der Waals surface area (Å²) in [6.07, 6.45) is 0. The van der Waals surface area contributed by atoms with Crippen molar-refractivity contribution in [2.75, 3.05) is 6.61 Å². The van der Waals surface area contributed by atoms with Crippen LogP contribution in [-0.4, -0.2) is 27.5 Å². The zero-order valence-electron chi connectivity index (χ0n) is 11.9. The second-order valence-corrected chi connectivity index (χ2v) is 4.77. The summed E-state index contributed by atoms with van der Waals surface area (Å²) >= 11 is 0. The molecule has 0 bridgehead atoms. The van der Waals surface area contributed by atoms with Gasteiger partial charge < -0.3 is 9.84 Å². The Kier molecular flexibility index (Phi) is 4.08. The van der Waals surface area contributed by atoms with Crippen molar-refractivity contribution in [3.63, 3.8) is 0 Å². The molecule has 0 unspecified atom stereocenters. The first-order chi connectivity index (χ1) is 9.49. The van der Waals surface area contributed by atoms with Crippen LogP contribution in [0.25, 0.3) is 0 Å². The molecule has 0 saturated heterocycles. The normalized spacial score (nSPS) is 10.6. The Morgan fingerprint density at radius 3 is 2.55 bits per heavy atom. The largest absolute Gasteiger partial charge is 0.491 e. The first kappa shape index (κ1) is 14.1. The van der Waals surface area contributed by atoms with E-state index in [1.807, 2.05) is 32.0 Å². The summed E-state index contributed by atoms with van der Waals surface area (Å²) < 4.78 is 7.23. The Morgan fingerprint density at radius 1 is 1.30 bits per heavy atom. The average Bonchev–Trinajstić information content (AvgIpc) is 2.74. The molecule has 0 radical (unpaired) electrons. The van der Waals surface area contributed by atoms with Gasteiger partial charge in [-0.1, -0.05) is 18.2 Å². The van der Waals surface area contributed by atoms with E-state index in [4.69, 9.17) is 9.84 Å². The molecule has 1 heterocycles. The van der Waals surface area contributed by atoms with Crippen molar-refractivity contribution in [3.8, 4) is 5.75 Å². The molecule has 0 atom stereocenters. The molecule has 1 aromatic carbocycles. The van der Waals surface area contributed by atoms with Crippen molar-refractivity contribution < 1.29 is 14.6 Å². The zero-order chi connectivity index (χ0) is 14.7. The number of rotatable bonds is 5. The van der Waals surface area contributed by atoms with E-state index < -0.39 is 5.97 Å². The van der Waals surface area contributed by atoms with Crippen LogP contribution in [0.5, 0.6) is 5.75 Å². The van der Waals surface area contributed by atoms with E-state index in [0.717, 1.165) is 16.9 Å². The molecule has 0 saturated carbocycles. The molecule has 0 aliphatic heterocycles. The summed E-state index contributed by atoms with van der Waals surface area (Å²) in [5, 5.41) is 13.2. The van der Waals surface area contributed by atoms with Crippen molar-refractivity contribution >= 4 is 5.97 Å². The molecule has 20 heavy (non-hydrogen) atoms. The van der Waals surface area contributed by atoms with Gasteiger partial charge in [0.15, 0.2) is 0 Å². The Hall–Kier alpha value is -2.30. The maximum atomic E-state index is 11.1. The molecular formula is C15H18N2O3. The molecule has 106 valence electrons. The number of hydrogen-bond acceptors (Lipinski definition) is 3. The lowest BCUT2D eigenvalue weighted by Crippen LogP contribution is -2.15. The van der Waals surface area contributed by atoms with Gasteiger partial charge in [-0.25, -0.2) is 4.79 Å². The number of nitrogens with zero attached hydrogens (tertiary/aromatic N) is 2. The van der Waals surface area contributed by atoms with Gasteiger partial charge in [0.05, 0.1) is 12.2 Å². The average molecular weight is 274 g/mol. The van der Waals surface area contributed by atoms with Crippen LogP contribution >= 0.6 is 0 Å². The van der Waals surface area contributed by atoms with Crippen molar-refractivity contribution in [1.82, 2.24) is 9.78 Å². The van der Waals surface area contributed by atoms with Gasteiger partial charge in [-0.2, -0.15) is 5.10 Å². The Bertz CT molecular complexity index is 612. The molecule has 5 heteroatoms. The van der Waals surface area contributed by atoms with E-state index in [1.54, 1.807) is 13.0 Å². The van der Waals surface area contributed by atoms with Crippen molar-refractivity contribution in [3.05, 3.63) is 46.8 Å². The molecule has 2 aromatic rings. The number of aromatic carboxylic acids is 1. The monoisotopic (exact) mass is 274 g/mol. The number of hydrogen-bond donors (Lipinski definition) is 1. The number of carbonyl (C=O) groups is 1. The van der Waals surface area contributed by atoms with Gasteiger partial charge in [0.1, 0.15) is 18.1 Å². The highest BCUT2D eigenvalue weighted by molar-refractivity contribution is 5.85. The SMILES string of the molecule is Cc1cc(C(=O)O)n(CCOc2c(C)cccc2C)n1. The van der Waals surface area contributed by atoms with Crippen LogP contribution in [0.3, 0.4) is 0 Å². The number of ether oxygens (including phenoxy) is 1. The highest BCUT2D eigenvalue weighted by Gasteiger charge is 2.12. The van der Waals surface area contributed by atoms with Gasteiger partial charge in [0, 0.05) is 0 Å². The number of benzene rings is 1. The van der Waals surface area contributed by atoms with Gasteiger partial charge in [-0.05, 0) is 38.0 Å². The summed E-state index contributed by atoms with van der Waals surface area (Å²) in [5.74, 6) is -0.120. The molecule has 0 amide bonds. The fraction of sp³-hybridized carbons (Fsp3) is 0.333. The minimum atomic E-state index is -0.974. The molecule has 5 nitrogen and oxygen atoms in total. The number of carboxylic acid groups (broad SMARTS) is 1. The van der Waals surface area contributed by atoms with Gasteiger partial charge >= 0.3 is 5.97 Å². The second kappa shape index (κ2) is 5.77. The minimum absolute atomic E-state index is 0.188. The quantitative estimate of drug-likeness (QED) is 0.910. The first-order valence-electron chi connectivity index (χ1n) is 6.46. The fourth-order valence-electron chi connectivity index (χ4n) is 2.15. The standard InChI is InChI=1S/C15H18N2O3/c1-10-5-4-6-11(2)14(10)20-8-7-17-13(15(18)19)9-12(3)16-17/h4-6,9H,7-8H2,1-3H3,(H,18,19). The molecule has 2 rings (SSSR count). The van der Waals surface area contributed by atoms with Gasteiger partial charge in [-0.3, -0.25) is 4.68 Å². The van der Waals surface area contributed by atoms with Crippen LogP contribution in [0.2, 0.25) is 0 Å². The van der Waals surface area contributed by atoms with Gasteiger partial charge in [0.2, 0.25) is 0 Å². The minimum Gasteiger partial charge on any atom is -0.491 e. The number of para-hydroxylation sites is 1. The third-order valence-electron chi connectivity index (χ3n) is 3.08. The van der Waals surface area contributed by atoms with E-state index in [-0.39, 0.29) is 5.69 Å². The van der Waals surface area contributed by atoms with Crippen LogP contribution in [0.4, 0.5) is 0 Å². The molecule has 0 fully saturated rings. The Morgan fingerprint density at radius 2 is 1.95 bits per heavy atom. The molecule has 1 aromatic heterocycles. The van der Waals surface area contributed by atoms with Crippen molar-refractivity contribution in [2.45, 2.75) is 27.3 Å². The van der Waals surface area contributed by atoms with Crippen LogP contribution < -0.4 is 4.74 Å². The van der Waals surface area contributed by atoms with Crippen molar-refractivity contribution in [2.24, 2.45) is 0 Å². The second-order valence-electron chi connectivity index (χ2n) is 4.77. The highest BCUT2D eigenvalue weighted by atomic mass is 16.5. The predicted molar refractivity (Wildman–Crippen MR) is 75.3 cm³/mol. The summed E-state index contributed by atoms with van der Waals surface area (Å²) in [6, 6.07) is 7.52. The Balaban J connectivity index is 2.05. The maximum absolute atomic E-state index is 11.1. The third-order valence-corrected chi connectivity index (χ3v) is 3.08.